The third kappa shape index (κ3) is 2.70. The molecule has 0 amide bonds. The highest BCUT2D eigenvalue weighted by Crippen LogP contribution is 2.38. The van der Waals surface area contributed by atoms with Crippen LogP contribution >= 0.6 is 0 Å². The minimum atomic E-state index is 0.405. The lowest BCUT2D eigenvalue weighted by atomic mass is 10.2. The molecular formula is C18H22N6. The number of anilines is 2. The van der Waals surface area contributed by atoms with Crippen molar-refractivity contribution >= 4 is 11.6 Å². The molecule has 0 radical (unpaired) electrons. The fourth-order valence-corrected chi connectivity index (χ4v) is 3.76. The number of aryl methyl sites for hydroxylation is 2. The van der Waals surface area contributed by atoms with Gasteiger partial charge in [-0.05, 0) is 56.2 Å². The molecule has 3 heterocycles. The van der Waals surface area contributed by atoms with E-state index in [1.165, 1.54) is 30.5 Å². The molecule has 1 saturated heterocycles. The van der Waals surface area contributed by atoms with E-state index in [1.54, 1.807) is 0 Å². The maximum absolute atomic E-state index is 4.67. The second-order valence-corrected chi connectivity index (χ2v) is 7.18. The molecule has 6 heteroatoms. The number of nitrogens with zero attached hydrogens (tertiary/aromatic N) is 5. The molecular weight excluding hydrogens is 300 g/mol. The van der Waals surface area contributed by atoms with Crippen molar-refractivity contribution < 1.29 is 0 Å². The third-order valence-electron chi connectivity index (χ3n) is 5.29. The second kappa shape index (κ2) is 5.69. The Labute approximate surface area is 141 Å². The molecule has 0 spiro atoms. The van der Waals surface area contributed by atoms with Crippen LogP contribution in [-0.2, 0) is 12.8 Å². The van der Waals surface area contributed by atoms with Crippen LogP contribution in [0.3, 0.4) is 0 Å². The lowest BCUT2D eigenvalue weighted by molar-refractivity contribution is 0.790. The van der Waals surface area contributed by atoms with E-state index in [0.717, 1.165) is 49.8 Å². The van der Waals surface area contributed by atoms with E-state index in [4.69, 9.17) is 0 Å². The lowest BCUT2D eigenvalue weighted by Gasteiger charge is -2.18. The van der Waals surface area contributed by atoms with E-state index in [1.807, 2.05) is 12.3 Å². The van der Waals surface area contributed by atoms with Gasteiger partial charge < -0.3 is 10.2 Å². The molecule has 1 aliphatic heterocycles. The van der Waals surface area contributed by atoms with E-state index in [0.29, 0.717) is 12.0 Å². The van der Waals surface area contributed by atoms with Gasteiger partial charge in [-0.2, -0.15) is 5.10 Å². The van der Waals surface area contributed by atoms with Gasteiger partial charge in [-0.25, -0.2) is 9.97 Å². The largest absolute Gasteiger partial charge is 0.365 e. The van der Waals surface area contributed by atoms with E-state index >= 15 is 0 Å². The maximum Gasteiger partial charge on any atom is 0.151 e. The van der Waals surface area contributed by atoms with Gasteiger partial charge in [0, 0.05) is 31.2 Å². The molecule has 24 heavy (non-hydrogen) atoms. The minimum Gasteiger partial charge on any atom is -0.365 e. The summed E-state index contributed by atoms with van der Waals surface area (Å²) >= 11 is 0. The zero-order chi connectivity index (χ0) is 15.9. The van der Waals surface area contributed by atoms with Crippen LogP contribution in [0.5, 0.6) is 0 Å². The summed E-state index contributed by atoms with van der Waals surface area (Å²) in [6, 6.07) is 4.62. The average molecular weight is 322 g/mol. The zero-order valence-electron chi connectivity index (χ0n) is 13.8. The number of hydrogen-bond acceptors (Lipinski definition) is 6. The van der Waals surface area contributed by atoms with Gasteiger partial charge in [0.1, 0.15) is 11.6 Å². The topological polar surface area (TPSA) is 66.8 Å². The summed E-state index contributed by atoms with van der Waals surface area (Å²) in [4.78, 5) is 11.4. The van der Waals surface area contributed by atoms with Gasteiger partial charge in [0.25, 0.3) is 0 Å². The summed E-state index contributed by atoms with van der Waals surface area (Å²) in [5, 5.41) is 12.4. The van der Waals surface area contributed by atoms with E-state index < -0.39 is 0 Å². The Bertz CT molecular complexity index is 757. The van der Waals surface area contributed by atoms with Crippen molar-refractivity contribution in [3.8, 4) is 0 Å². The Morgan fingerprint density at radius 3 is 3.00 bits per heavy atom. The molecule has 1 unspecified atom stereocenters. The van der Waals surface area contributed by atoms with Crippen LogP contribution in [0.15, 0.2) is 18.3 Å². The highest BCUT2D eigenvalue weighted by Gasteiger charge is 2.28. The van der Waals surface area contributed by atoms with Crippen molar-refractivity contribution in [3.05, 3.63) is 35.4 Å². The van der Waals surface area contributed by atoms with Gasteiger partial charge >= 0.3 is 0 Å². The smallest absolute Gasteiger partial charge is 0.151 e. The molecule has 0 bridgehead atoms. The molecule has 3 aliphatic rings. The van der Waals surface area contributed by atoms with Crippen molar-refractivity contribution in [2.75, 3.05) is 23.3 Å². The van der Waals surface area contributed by atoms with Crippen LogP contribution in [0.25, 0.3) is 0 Å². The molecule has 1 saturated carbocycles. The first-order valence-corrected chi connectivity index (χ1v) is 9.05. The second-order valence-electron chi connectivity index (χ2n) is 7.18. The summed E-state index contributed by atoms with van der Waals surface area (Å²) in [6.45, 7) is 1.97. The number of nitrogens with one attached hydrogen (secondary N) is 1. The standard InChI is InChI=1S/C18H22N6/c1-2-13-10-17(23-22-15(13)3-1)24-9-7-14(11-24)20-16-6-8-19-18(21-16)12-4-5-12/h6,8,10,12,14H,1-5,7,9,11H2,(H,19,20,21). The molecule has 2 aromatic heterocycles. The van der Waals surface area contributed by atoms with Gasteiger partial charge in [0.05, 0.1) is 5.69 Å². The molecule has 1 N–H and O–H groups in total. The van der Waals surface area contributed by atoms with E-state index in [9.17, 15) is 0 Å². The van der Waals surface area contributed by atoms with Crippen molar-refractivity contribution in [1.82, 2.24) is 20.2 Å². The van der Waals surface area contributed by atoms with E-state index in [2.05, 4.69) is 36.4 Å². The Morgan fingerprint density at radius 2 is 2.08 bits per heavy atom. The monoisotopic (exact) mass is 322 g/mol. The molecule has 2 aromatic rings. The Hall–Kier alpha value is -2.24. The first kappa shape index (κ1) is 14.1. The number of hydrogen-bond donors (Lipinski definition) is 1. The van der Waals surface area contributed by atoms with Crippen LogP contribution < -0.4 is 10.2 Å². The number of aromatic nitrogens is 4. The fraction of sp³-hybridized carbons (Fsp3) is 0.556. The predicted molar refractivity (Wildman–Crippen MR) is 92.3 cm³/mol. The van der Waals surface area contributed by atoms with Crippen molar-refractivity contribution in [1.29, 1.82) is 0 Å². The van der Waals surface area contributed by atoms with Crippen LogP contribution in [0.2, 0.25) is 0 Å². The highest BCUT2D eigenvalue weighted by atomic mass is 15.3. The van der Waals surface area contributed by atoms with Crippen LogP contribution in [0.4, 0.5) is 11.6 Å². The molecule has 1 atom stereocenters. The summed E-state index contributed by atoms with van der Waals surface area (Å²) in [5.41, 5.74) is 2.59. The van der Waals surface area contributed by atoms with Crippen LogP contribution in [0, 0.1) is 0 Å². The molecule has 6 nitrogen and oxygen atoms in total. The first-order chi connectivity index (χ1) is 11.8. The van der Waals surface area contributed by atoms with Crippen LogP contribution in [-0.4, -0.2) is 39.3 Å². The predicted octanol–water partition coefficient (Wildman–Crippen LogP) is 2.32. The van der Waals surface area contributed by atoms with Crippen molar-refractivity contribution in [2.24, 2.45) is 0 Å². The quantitative estimate of drug-likeness (QED) is 0.932. The number of fused-ring (bicyclic) bond motifs is 1. The number of rotatable bonds is 4. The summed E-state index contributed by atoms with van der Waals surface area (Å²) in [6.07, 6.45) is 8.90. The van der Waals surface area contributed by atoms with Crippen molar-refractivity contribution in [3.63, 3.8) is 0 Å². The van der Waals surface area contributed by atoms with Gasteiger partial charge in [-0.1, -0.05) is 0 Å². The first-order valence-electron chi connectivity index (χ1n) is 9.05. The fourth-order valence-electron chi connectivity index (χ4n) is 3.76. The molecule has 2 fully saturated rings. The van der Waals surface area contributed by atoms with E-state index in [-0.39, 0.29) is 0 Å². The van der Waals surface area contributed by atoms with Gasteiger partial charge in [0.2, 0.25) is 0 Å². The highest BCUT2D eigenvalue weighted by molar-refractivity contribution is 5.45. The van der Waals surface area contributed by atoms with Crippen molar-refractivity contribution in [2.45, 2.75) is 50.5 Å². The zero-order valence-corrected chi connectivity index (χ0v) is 13.8. The van der Waals surface area contributed by atoms with Crippen LogP contribution in [0.1, 0.15) is 48.7 Å². The summed E-state index contributed by atoms with van der Waals surface area (Å²) in [5.74, 6) is 3.58. The molecule has 5 rings (SSSR count). The SMILES string of the molecule is c1cc(NC2CCN(c3cc4c(nn3)CCC4)C2)nc(C2CC2)n1. The maximum atomic E-state index is 4.67. The Morgan fingerprint density at radius 1 is 1.12 bits per heavy atom. The van der Waals surface area contributed by atoms with Gasteiger partial charge in [-0.15, -0.1) is 5.10 Å². The Kier molecular flexibility index (Phi) is 3.35. The molecule has 0 aromatic carbocycles. The lowest BCUT2D eigenvalue weighted by Crippen LogP contribution is -2.27. The summed E-state index contributed by atoms with van der Waals surface area (Å²) < 4.78 is 0. The summed E-state index contributed by atoms with van der Waals surface area (Å²) in [7, 11) is 0. The normalized spacial score (nSPS) is 22.7. The molecule has 124 valence electrons. The average Bonchev–Trinajstić information content (AvgIpc) is 3.18. The van der Waals surface area contributed by atoms with Gasteiger partial charge in [-0.3, -0.25) is 0 Å². The molecule has 2 aliphatic carbocycles. The minimum absolute atomic E-state index is 0.405. The third-order valence-corrected chi connectivity index (χ3v) is 5.29. The van der Waals surface area contributed by atoms with Gasteiger partial charge in [0.15, 0.2) is 5.82 Å². The Balaban J connectivity index is 1.26.